The van der Waals surface area contributed by atoms with Crippen LogP contribution in [-0.4, -0.2) is 43.1 Å². The Kier molecular flexibility index (Phi) is 5.77. The zero-order valence-electron chi connectivity index (χ0n) is 14.8. The Balaban J connectivity index is 2.24. The van der Waals surface area contributed by atoms with Crippen LogP contribution in [0.4, 0.5) is 5.69 Å². The van der Waals surface area contributed by atoms with E-state index in [1.54, 1.807) is 20.1 Å². The maximum Gasteiger partial charge on any atom is 0.335 e. The number of aryl methyl sites for hydroxylation is 1. The lowest BCUT2D eigenvalue weighted by Gasteiger charge is -2.15. The smallest absolute Gasteiger partial charge is 0.335 e. The molecule has 25 heavy (non-hydrogen) atoms. The molecule has 0 bridgehead atoms. The molecule has 1 amide bonds. The van der Waals surface area contributed by atoms with Crippen molar-refractivity contribution in [2.45, 2.75) is 13.5 Å². The van der Waals surface area contributed by atoms with E-state index in [9.17, 15) is 9.59 Å². The number of carbonyl (C=O) groups is 2. The monoisotopic (exact) mass is 342 g/mol. The Morgan fingerprint density at radius 1 is 1.16 bits per heavy atom. The minimum Gasteiger partial charge on any atom is -0.495 e. The topological polar surface area (TPSA) is 78.9 Å². The first-order chi connectivity index (χ1) is 11.8. The molecule has 6 heteroatoms. The molecule has 132 valence electrons. The van der Waals surface area contributed by atoms with Gasteiger partial charge in [0.25, 0.3) is 5.91 Å². The number of hydrogen-bond donors (Lipinski definition) is 2. The maximum atomic E-state index is 12.5. The van der Waals surface area contributed by atoms with Crippen LogP contribution in [-0.2, 0) is 6.54 Å². The van der Waals surface area contributed by atoms with Crippen molar-refractivity contribution in [1.29, 1.82) is 0 Å². The molecule has 2 aromatic rings. The minimum absolute atomic E-state index is 0.152. The molecule has 0 fully saturated rings. The number of anilines is 1. The Morgan fingerprint density at radius 3 is 2.44 bits per heavy atom. The number of aromatic carboxylic acids is 1. The van der Waals surface area contributed by atoms with E-state index < -0.39 is 5.97 Å². The van der Waals surface area contributed by atoms with Crippen molar-refractivity contribution in [1.82, 2.24) is 4.90 Å². The number of benzene rings is 2. The molecular formula is C19H22N2O4. The summed E-state index contributed by atoms with van der Waals surface area (Å²) in [7, 11) is 5.51. The molecule has 0 radical (unpaired) electrons. The standard InChI is InChI=1S/C19H22N2O4/c1-12-9-14(19(23)24)6-7-15(12)18(22)20-16-8-5-13(11-21(2)3)10-17(16)25-4/h5-10H,11H2,1-4H3,(H,20,22)(H,23,24). The maximum absolute atomic E-state index is 12.5. The Bertz CT molecular complexity index is 800. The summed E-state index contributed by atoms with van der Waals surface area (Å²) in [5, 5.41) is 11.8. The molecule has 0 aliphatic rings. The van der Waals surface area contributed by atoms with Crippen LogP contribution in [0.15, 0.2) is 36.4 Å². The number of carboxylic acids is 1. The quantitative estimate of drug-likeness (QED) is 0.844. The molecule has 2 N–H and O–H groups in total. The third-order valence-electron chi connectivity index (χ3n) is 3.73. The van der Waals surface area contributed by atoms with Crippen molar-refractivity contribution in [3.63, 3.8) is 0 Å². The van der Waals surface area contributed by atoms with Gasteiger partial charge in [-0.15, -0.1) is 0 Å². The molecule has 0 aromatic heterocycles. The second kappa shape index (κ2) is 7.81. The number of amides is 1. The second-order valence-electron chi connectivity index (χ2n) is 6.06. The normalized spacial score (nSPS) is 10.6. The van der Waals surface area contributed by atoms with Crippen LogP contribution in [0, 0.1) is 6.92 Å². The van der Waals surface area contributed by atoms with Crippen molar-refractivity contribution in [2.75, 3.05) is 26.5 Å². The number of nitrogens with zero attached hydrogens (tertiary/aromatic N) is 1. The highest BCUT2D eigenvalue weighted by Crippen LogP contribution is 2.27. The van der Waals surface area contributed by atoms with Crippen LogP contribution in [0.2, 0.25) is 0 Å². The van der Waals surface area contributed by atoms with E-state index in [2.05, 4.69) is 5.32 Å². The first kappa shape index (κ1) is 18.5. The average molecular weight is 342 g/mol. The molecule has 2 aromatic carbocycles. The zero-order valence-corrected chi connectivity index (χ0v) is 14.8. The third-order valence-corrected chi connectivity index (χ3v) is 3.73. The van der Waals surface area contributed by atoms with E-state index >= 15 is 0 Å². The summed E-state index contributed by atoms with van der Waals surface area (Å²) in [5.74, 6) is -0.756. The molecular weight excluding hydrogens is 320 g/mol. The van der Waals surface area contributed by atoms with Crippen LogP contribution in [0.25, 0.3) is 0 Å². The molecule has 6 nitrogen and oxygen atoms in total. The first-order valence-electron chi connectivity index (χ1n) is 7.78. The van der Waals surface area contributed by atoms with Gasteiger partial charge in [0.05, 0.1) is 18.4 Å². The summed E-state index contributed by atoms with van der Waals surface area (Å²) in [4.78, 5) is 25.6. The van der Waals surface area contributed by atoms with Crippen molar-refractivity contribution in [3.8, 4) is 5.75 Å². The van der Waals surface area contributed by atoms with Crippen LogP contribution < -0.4 is 10.1 Å². The van der Waals surface area contributed by atoms with Gasteiger partial charge in [-0.1, -0.05) is 6.07 Å². The van der Waals surface area contributed by atoms with Gasteiger partial charge in [-0.25, -0.2) is 4.79 Å². The molecule has 0 aliphatic carbocycles. The highest BCUT2D eigenvalue weighted by Gasteiger charge is 2.14. The molecule has 0 saturated carbocycles. The van der Waals surface area contributed by atoms with Gasteiger partial charge in [0.1, 0.15) is 5.75 Å². The van der Waals surface area contributed by atoms with Gasteiger partial charge >= 0.3 is 5.97 Å². The molecule has 0 unspecified atom stereocenters. The number of carboxylic acid groups (broad SMARTS) is 1. The number of methoxy groups -OCH3 is 1. The molecule has 0 atom stereocenters. The lowest BCUT2D eigenvalue weighted by Crippen LogP contribution is -2.15. The van der Waals surface area contributed by atoms with E-state index in [-0.39, 0.29) is 11.5 Å². The average Bonchev–Trinajstić information content (AvgIpc) is 2.55. The second-order valence-corrected chi connectivity index (χ2v) is 6.06. The molecule has 2 rings (SSSR count). The predicted molar refractivity (Wildman–Crippen MR) is 96.5 cm³/mol. The van der Waals surface area contributed by atoms with E-state index in [1.165, 1.54) is 18.2 Å². The number of nitrogens with one attached hydrogen (secondary N) is 1. The van der Waals surface area contributed by atoms with Gasteiger partial charge in [0, 0.05) is 12.1 Å². The van der Waals surface area contributed by atoms with Crippen molar-refractivity contribution in [2.24, 2.45) is 0 Å². The highest BCUT2D eigenvalue weighted by molar-refractivity contribution is 6.06. The minimum atomic E-state index is -1.02. The fourth-order valence-electron chi connectivity index (χ4n) is 2.54. The summed E-state index contributed by atoms with van der Waals surface area (Å²) < 4.78 is 5.37. The van der Waals surface area contributed by atoms with E-state index in [0.717, 1.165) is 12.1 Å². The van der Waals surface area contributed by atoms with Gasteiger partial charge in [-0.2, -0.15) is 0 Å². The summed E-state index contributed by atoms with van der Waals surface area (Å²) in [6.45, 7) is 2.47. The fraction of sp³-hybridized carbons (Fsp3) is 0.263. The first-order valence-corrected chi connectivity index (χ1v) is 7.78. The van der Waals surface area contributed by atoms with Crippen LogP contribution in [0.1, 0.15) is 31.8 Å². The van der Waals surface area contributed by atoms with Gasteiger partial charge in [-0.3, -0.25) is 4.79 Å². The van der Waals surface area contributed by atoms with E-state index in [0.29, 0.717) is 22.6 Å². The summed E-state index contributed by atoms with van der Waals surface area (Å²) in [6.07, 6.45) is 0. The van der Waals surface area contributed by atoms with Crippen LogP contribution in [0.3, 0.4) is 0 Å². The highest BCUT2D eigenvalue weighted by atomic mass is 16.5. The number of hydrogen-bond acceptors (Lipinski definition) is 4. The van der Waals surface area contributed by atoms with Crippen molar-refractivity contribution >= 4 is 17.6 Å². The zero-order chi connectivity index (χ0) is 18.6. The van der Waals surface area contributed by atoms with Crippen LogP contribution >= 0.6 is 0 Å². The molecule has 0 spiro atoms. The summed E-state index contributed by atoms with van der Waals surface area (Å²) in [6, 6.07) is 10.0. The van der Waals surface area contributed by atoms with E-state index in [4.69, 9.17) is 9.84 Å². The Morgan fingerprint density at radius 2 is 1.88 bits per heavy atom. The van der Waals surface area contributed by atoms with Gasteiger partial charge in [0.2, 0.25) is 0 Å². The van der Waals surface area contributed by atoms with E-state index in [1.807, 2.05) is 31.1 Å². The third kappa shape index (κ3) is 4.58. The SMILES string of the molecule is COc1cc(CN(C)C)ccc1NC(=O)c1ccc(C(=O)O)cc1C. The number of carbonyl (C=O) groups excluding carboxylic acids is 1. The van der Waals surface area contributed by atoms with Crippen LogP contribution in [0.5, 0.6) is 5.75 Å². The van der Waals surface area contributed by atoms with Gasteiger partial charge in [0.15, 0.2) is 0 Å². The Hall–Kier alpha value is -2.86. The molecule has 0 saturated heterocycles. The van der Waals surface area contributed by atoms with Crippen molar-refractivity contribution in [3.05, 3.63) is 58.7 Å². The van der Waals surface area contributed by atoms with Gasteiger partial charge < -0.3 is 20.1 Å². The summed E-state index contributed by atoms with van der Waals surface area (Å²) >= 11 is 0. The Labute approximate surface area is 147 Å². The number of rotatable bonds is 6. The lowest BCUT2D eigenvalue weighted by atomic mass is 10.0. The van der Waals surface area contributed by atoms with Gasteiger partial charge in [-0.05, 0) is 62.5 Å². The lowest BCUT2D eigenvalue weighted by molar-refractivity contribution is 0.0696. The molecule has 0 heterocycles. The largest absolute Gasteiger partial charge is 0.495 e. The predicted octanol–water partition coefficient (Wildman–Crippen LogP) is 3.02. The molecule has 0 aliphatic heterocycles. The fourth-order valence-corrected chi connectivity index (χ4v) is 2.54. The van der Waals surface area contributed by atoms with Crippen molar-refractivity contribution < 1.29 is 19.4 Å². The summed E-state index contributed by atoms with van der Waals surface area (Å²) in [5.41, 5.74) is 2.81. The number of ether oxygens (including phenoxy) is 1.